The van der Waals surface area contributed by atoms with E-state index in [0.717, 1.165) is 24.3 Å². The molecule has 5 nitrogen and oxygen atoms in total. The number of halogens is 1. The number of thioether (sulfide) groups is 1. The van der Waals surface area contributed by atoms with Crippen LogP contribution >= 0.6 is 23.4 Å². The van der Waals surface area contributed by atoms with Gasteiger partial charge in [-0.05, 0) is 36.3 Å². The van der Waals surface area contributed by atoms with Crippen LogP contribution in [0.3, 0.4) is 0 Å². The molecule has 8 heteroatoms. The third-order valence-electron chi connectivity index (χ3n) is 3.27. The molecule has 0 amide bonds. The lowest BCUT2D eigenvalue weighted by molar-refractivity contribution is 0.476. The third-order valence-corrected chi connectivity index (χ3v) is 5.99. The smallest absolute Gasteiger partial charge is 0.242 e. The summed E-state index contributed by atoms with van der Waals surface area (Å²) in [6.07, 6.45) is 3.44. The molecular formula is C12H18ClN3O2S2. The highest BCUT2D eigenvalue weighted by Crippen LogP contribution is 2.24. The standard InChI is InChI=1S/C12H18ClN3O2S2/c1-14-12-11(13)6-10(8-15-12)20(17,18)16-7-9-2-4-19-5-3-9/h6,8-9,16H,2-5,7H2,1H3,(H,14,15). The summed E-state index contributed by atoms with van der Waals surface area (Å²) in [7, 11) is -1.86. The molecule has 1 aliphatic heterocycles. The van der Waals surface area contributed by atoms with Gasteiger partial charge >= 0.3 is 0 Å². The third kappa shape index (κ3) is 4.00. The lowest BCUT2D eigenvalue weighted by Gasteiger charge is -2.21. The highest BCUT2D eigenvalue weighted by Gasteiger charge is 2.20. The molecule has 0 spiro atoms. The SMILES string of the molecule is CNc1ncc(S(=O)(=O)NCC2CCSCC2)cc1Cl. The van der Waals surface area contributed by atoms with Crippen LogP contribution in [0.4, 0.5) is 5.82 Å². The summed E-state index contributed by atoms with van der Waals surface area (Å²) < 4.78 is 27.0. The molecule has 1 fully saturated rings. The highest BCUT2D eigenvalue weighted by atomic mass is 35.5. The van der Waals surface area contributed by atoms with E-state index < -0.39 is 10.0 Å². The first kappa shape index (κ1) is 15.9. The second kappa shape index (κ2) is 6.98. The van der Waals surface area contributed by atoms with Crippen molar-refractivity contribution in [3.8, 4) is 0 Å². The Balaban J connectivity index is 2.04. The molecule has 0 aliphatic carbocycles. The molecule has 1 aliphatic rings. The normalized spacial score (nSPS) is 17.1. The van der Waals surface area contributed by atoms with Crippen molar-refractivity contribution in [3.05, 3.63) is 17.3 Å². The first-order valence-corrected chi connectivity index (χ1v) is 9.45. The van der Waals surface area contributed by atoms with E-state index in [0.29, 0.717) is 23.3 Å². The minimum absolute atomic E-state index is 0.103. The van der Waals surface area contributed by atoms with Crippen molar-refractivity contribution in [2.45, 2.75) is 17.7 Å². The van der Waals surface area contributed by atoms with Gasteiger partial charge in [0.15, 0.2) is 0 Å². The molecule has 20 heavy (non-hydrogen) atoms. The fourth-order valence-corrected chi connectivity index (χ4v) is 4.63. The zero-order chi connectivity index (χ0) is 14.6. The Kier molecular flexibility index (Phi) is 5.54. The molecule has 1 saturated heterocycles. The summed E-state index contributed by atoms with van der Waals surface area (Å²) in [4.78, 5) is 4.10. The predicted molar refractivity (Wildman–Crippen MR) is 84.0 cm³/mol. The van der Waals surface area contributed by atoms with Gasteiger partial charge in [0.2, 0.25) is 10.0 Å². The largest absolute Gasteiger partial charge is 0.372 e. The van der Waals surface area contributed by atoms with Gasteiger partial charge in [-0.2, -0.15) is 11.8 Å². The maximum absolute atomic E-state index is 12.2. The van der Waals surface area contributed by atoms with Gasteiger partial charge in [0, 0.05) is 19.8 Å². The van der Waals surface area contributed by atoms with Crippen LogP contribution in [0.5, 0.6) is 0 Å². The topological polar surface area (TPSA) is 71.1 Å². The van der Waals surface area contributed by atoms with Crippen molar-refractivity contribution in [3.63, 3.8) is 0 Å². The number of pyridine rings is 1. The summed E-state index contributed by atoms with van der Waals surface area (Å²) in [5, 5.41) is 3.09. The minimum atomic E-state index is -3.54. The first-order chi connectivity index (χ1) is 9.53. The van der Waals surface area contributed by atoms with Crippen molar-refractivity contribution < 1.29 is 8.42 Å². The van der Waals surface area contributed by atoms with Crippen LogP contribution in [0, 0.1) is 5.92 Å². The highest BCUT2D eigenvalue weighted by molar-refractivity contribution is 7.99. The monoisotopic (exact) mass is 335 g/mol. The number of anilines is 1. The van der Waals surface area contributed by atoms with Crippen molar-refractivity contribution in [2.24, 2.45) is 5.92 Å². The van der Waals surface area contributed by atoms with Crippen molar-refractivity contribution in [2.75, 3.05) is 30.4 Å². The number of sulfonamides is 1. The molecule has 2 rings (SSSR count). The Morgan fingerprint density at radius 1 is 1.45 bits per heavy atom. The molecular weight excluding hydrogens is 318 g/mol. The van der Waals surface area contributed by atoms with Crippen LogP contribution in [0.25, 0.3) is 0 Å². The molecule has 1 aromatic rings. The van der Waals surface area contributed by atoms with Gasteiger partial charge in [0.25, 0.3) is 0 Å². The molecule has 0 unspecified atom stereocenters. The second-order valence-electron chi connectivity index (χ2n) is 4.66. The zero-order valence-electron chi connectivity index (χ0n) is 11.2. The Morgan fingerprint density at radius 2 is 2.15 bits per heavy atom. The van der Waals surface area contributed by atoms with Gasteiger partial charge in [-0.1, -0.05) is 11.6 Å². The van der Waals surface area contributed by atoms with E-state index in [1.165, 1.54) is 12.3 Å². The lowest BCUT2D eigenvalue weighted by Crippen LogP contribution is -2.31. The molecule has 0 saturated carbocycles. The van der Waals surface area contributed by atoms with E-state index >= 15 is 0 Å². The van der Waals surface area contributed by atoms with E-state index in [1.54, 1.807) is 7.05 Å². The molecule has 0 radical (unpaired) electrons. The summed E-state index contributed by atoms with van der Waals surface area (Å²) in [6.45, 7) is 0.480. The maximum atomic E-state index is 12.2. The van der Waals surface area contributed by atoms with Gasteiger partial charge in [0.05, 0.1) is 5.02 Å². The van der Waals surface area contributed by atoms with Gasteiger partial charge < -0.3 is 5.32 Å². The first-order valence-electron chi connectivity index (χ1n) is 6.43. The number of nitrogens with zero attached hydrogens (tertiary/aromatic N) is 1. The van der Waals surface area contributed by atoms with Gasteiger partial charge in [0.1, 0.15) is 10.7 Å². The molecule has 1 aromatic heterocycles. The average molecular weight is 336 g/mol. The zero-order valence-corrected chi connectivity index (χ0v) is 13.6. The van der Waals surface area contributed by atoms with Crippen LogP contribution < -0.4 is 10.0 Å². The van der Waals surface area contributed by atoms with Crippen LogP contribution in [0.15, 0.2) is 17.2 Å². The molecule has 2 heterocycles. The number of hydrogen-bond acceptors (Lipinski definition) is 5. The van der Waals surface area contributed by atoms with Gasteiger partial charge in [-0.25, -0.2) is 18.1 Å². The maximum Gasteiger partial charge on any atom is 0.242 e. The minimum Gasteiger partial charge on any atom is -0.372 e. The summed E-state index contributed by atoms with van der Waals surface area (Å²) >= 11 is 7.89. The number of hydrogen-bond donors (Lipinski definition) is 2. The van der Waals surface area contributed by atoms with Crippen molar-refractivity contribution in [1.82, 2.24) is 9.71 Å². The van der Waals surface area contributed by atoms with Crippen molar-refractivity contribution >= 4 is 39.2 Å². The Bertz CT molecular complexity index is 560. The van der Waals surface area contributed by atoms with E-state index in [9.17, 15) is 8.42 Å². The van der Waals surface area contributed by atoms with E-state index in [1.807, 2.05) is 11.8 Å². The molecule has 2 N–H and O–H groups in total. The van der Waals surface area contributed by atoms with Crippen LogP contribution in [0.1, 0.15) is 12.8 Å². The number of rotatable bonds is 5. The van der Waals surface area contributed by atoms with Gasteiger partial charge in [-0.3, -0.25) is 0 Å². The molecule has 0 aromatic carbocycles. The van der Waals surface area contributed by atoms with Crippen LogP contribution in [-0.4, -0.2) is 38.5 Å². The Labute approximate surface area is 128 Å². The quantitative estimate of drug-likeness (QED) is 0.863. The fourth-order valence-electron chi connectivity index (χ4n) is 2.01. The summed E-state index contributed by atoms with van der Waals surface area (Å²) in [5.74, 6) is 3.11. The summed E-state index contributed by atoms with van der Waals surface area (Å²) in [6, 6.07) is 1.42. The van der Waals surface area contributed by atoms with E-state index in [-0.39, 0.29) is 4.90 Å². The van der Waals surface area contributed by atoms with Crippen LogP contribution in [0.2, 0.25) is 5.02 Å². The Morgan fingerprint density at radius 3 is 2.75 bits per heavy atom. The van der Waals surface area contributed by atoms with Gasteiger partial charge in [-0.15, -0.1) is 0 Å². The molecule has 112 valence electrons. The number of nitrogens with one attached hydrogen (secondary N) is 2. The molecule has 0 atom stereocenters. The van der Waals surface area contributed by atoms with E-state index in [4.69, 9.17) is 11.6 Å². The predicted octanol–water partition coefficient (Wildman–Crippen LogP) is 2.20. The Hall–Kier alpha value is -0.500. The lowest BCUT2D eigenvalue weighted by atomic mass is 10.0. The average Bonchev–Trinajstić information content (AvgIpc) is 2.46. The molecule has 0 bridgehead atoms. The van der Waals surface area contributed by atoms with Crippen LogP contribution in [-0.2, 0) is 10.0 Å². The second-order valence-corrected chi connectivity index (χ2v) is 8.06. The van der Waals surface area contributed by atoms with E-state index in [2.05, 4.69) is 15.0 Å². The fraction of sp³-hybridized carbons (Fsp3) is 0.583. The summed E-state index contributed by atoms with van der Waals surface area (Å²) in [5.41, 5.74) is 0. The van der Waals surface area contributed by atoms with Crippen molar-refractivity contribution in [1.29, 1.82) is 0 Å². The number of aromatic nitrogens is 1.